The van der Waals surface area contributed by atoms with E-state index in [4.69, 9.17) is 11.0 Å². The topological polar surface area (TPSA) is 74.7 Å². The molecule has 90 valence electrons. The molecule has 0 aliphatic heterocycles. The molecule has 18 heavy (non-hydrogen) atoms. The number of halogens is 1. The van der Waals surface area contributed by atoms with Gasteiger partial charge in [-0.15, -0.1) is 0 Å². The van der Waals surface area contributed by atoms with Crippen molar-refractivity contribution < 1.29 is 4.39 Å². The van der Waals surface area contributed by atoms with Crippen LogP contribution in [0.15, 0.2) is 36.5 Å². The van der Waals surface area contributed by atoms with Gasteiger partial charge in [0, 0.05) is 12.7 Å². The average Bonchev–Trinajstić information content (AvgIpc) is 2.39. The van der Waals surface area contributed by atoms with Crippen molar-refractivity contribution >= 4 is 11.5 Å². The molecule has 0 aliphatic carbocycles. The van der Waals surface area contributed by atoms with E-state index >= 15 is 0 Å². The summed E-state index contributed by atoms with van der Waals surface area (Å²) in [6.45, 7) is 0.489. The fourth-order valence-electron chi connectivity index (χ4n) is 1.48. The van der Waals surface area contributed by atoms with Gasteiger partial charge >= 0.3 is 0 Å². The molecular formula is C13H11FN4. The van der Waals surface area contributed by atoms with Crippen LogP contribution in [0.3, 0.4) is 0 Å². The molecule has 1 heterocycles. The number of nitrogens with one attached hydrogen (secondary N) is 1. The highest BCUT2D eigenvalue weighted by molar-refractivity contribution is 5.63. The smallest absolute Gasteiger partial charge is 0.149 e. The van der Waals surface area contributed by atoms with E-state index in [1.807, 2.05) is 6.07 Å². The molecule has 0 fully saturated rings. The normalized spacial score (nSPS) is 9.78. The van der Waals surface area contributed by atoms with Crippen molar-refractivity contribution in [2.24, 2.45) is 0 Å². The summed E-state index contributed by atoms with van der Waals surface area (Å²) in [7, 11) is 0. The number of nitrogens with zero attached hydrogens (tertiary/aromatic N) is 2. The monoisotopic (exact) mass is 242 g/mol. The van der Waals surface area contributed by atoms with Crippen molar-refractivity contribution in [1.82, 2.24) is 4.98 Å². The van der Waals surface area contributed by atoms with Crippen LogP contribution in [0.5, 0.6) is 0 Å². The molecule has 0 amide bonds. The lowest BCUT2D eigenvalue weighted by Crippen LogP contribution is -2.04. The maximum atomic E-state index is 12.7. The molecule has 4 nitrogen and oxygen atoms in total. The highest BCUT2D eigenvalue weighted by Crippen LogP contribution is 2.16. The van der Waals surface area contributed by atoms with Gasteiger partial charge in [0.05, 0.1) is 11.3 Å². The van der Waals surface area contributed by atoms with Crippen LogP contribution in [-0.4, -0.2) is 4.98 Å². The second-order valence-electron chi connectivity index (χ2n) is 3.75. The second-order valence-corrected chi connectivity index (χ2v) is 3.75. The van der Waals surface area contributed by atoms with Gasteiger partial charge in [-0.2, -0.15) is 5.26 Å². The Kier molecular flexibility index (Phi) is 3.39. The molecule has 0 unspecified atom stereocenters. The predicted molar refractivity (Wildman–Crippen MR) is 67.1 cm³/mol. The molecule has 2 rings (SSSR count). The molecule has 5 heteroatoms. The number of hydrogen-bond donors (Lipinski definition) is 2. The summed E-state index contributed by atoms with van der Waals surface area (Å²) in [5.74, 6) is 0.244. The summed E-state index contributed by atoms with van der Waals surface area (Å²) in [6.07, 6.45) is 1.45. The van der Waals surface area contributed by atoms with Gasteiger partial charge < -0.3 is 11.1 Å². The molecule has 0 bridgehead atoms. The lowest BCUT2D eigenvalue weighted by molar-refractivity contribution is 0.627. The third-order valence-electron chi connectivity index (χ3n) is 2.42. The van der Waals surface area contributed by atoms with Crippen molar-refractivity contribution in [2.75, 3.05) is 11.1 Å². The number of hydrogen-bond acceptors (Lipinski definition) is 4. The Morgan fingerprint density at radius 3 is 2.67 bits per heavy atom. The molecule has 0 atom stereocenters. The van der Waals surface area contributed by atoms with Crippen LogP contribution < -0.4 is 11.1 Å². The van der Waals surface area contributed by atoms with E-state index in [9.17, 15) is 4.39 Å². The van der Waals surface area contributed by atoms with Crippen LogP contribution in [0.25, 0.3) is 0 Å². The summed E-state index contributed by atoms with van der Waals surface area (Å²) < 4.78 is 12.7. The van der Waals surface area contributed by atoms with Crippen LogP contribution in [0.2, 0.25) is 0 Å². The Hall–Kier alpha value is -2.61. The number of aromatic nitrogens is 1. The zero-order chi connectivity index (χ0) is 13.0. The van der Waals surface area contributed by atoms with Gasteiger partial charge in [-0.3, -0.25) is 0 Å². The van der Waals surface area contributed by atoms with Crippen molar-refractivity contribution in [2.45, 2.75) is 6.54 Å². The minimum atomic E-state index is -0.269. The third kappa shape index (κ3) is 2.74. The lowest BCUT2D eigenvalue weighted by Gasteiger charge is -2.08. The molecule has 3 N–H and O–H groups in total. The zero-order valence-electron chi connectivity index (χ0n) is 9.52. The summed E-state index contributed by atoms with van der Waals surface area (Å²) in [5.41, 5.74) is 7.50. The van der Waals surface area contributed by atoms with Crippen molar-refractivity contribution in [3.05, 3.63) is 53.5 Å². The Morgan fingerprint density at radius 2 is 2.06 bits per heavy atom. The molecule has 0 saturated carbocycles. The average molecular weight is 242 g/mol. The van der Waals surface area contributed by atoms with E-state index in [-0.39, 0.29) is 5.82 Å². The highest BCUT2D eigenvalue weighted by Gasteiger charge is 2.02. The largest absolute Gasteiger partial charge is 0.396 e. The van der Waals surface area contributed by atoms with E-state index in [2.05, 4.69) is 10.3 Å². The number of pyridine rings is 1. The number of rotatable bonds is 3. The third-order valence-corrected chi connectivity index (χ3v) is 2.42. The molecular weight excluding hydrogens is 231 g/mol. The molecule has 0 spiro atoms. The first kappa shape index (κ1) is 11.9. The van der Waals surface area contributed by atoms with Gasteiger partial charge in [0.15, 0.2) is 0 Å². The van der Waals surface area contributed by atoms with Crippen molar-refractivity contribution in [3.8, 4) is 6.07 Å². The molecule has 0 saturated heterocycles. The summed E-state index contributed by atoms with van der Waals surface area (Å²) in [6, 6.07) is 9.67. The lowest BCUT2D eigenvalue weighted by atomic mass is 10.2. The molecule has 1 aromatic heterocycles. The first-order valence-electron chi connectivity index (χ1n) is 5.33. The van der Waals surface area contributed by atoms with Crippen LogP contribution in [0, 0.1) is 17.1 Å². The van der Waals surface area contributed by atoms with Gasteiger partial charge in [0.25, 0.3) is 0 Å². The maximum Gasteiger partial charge on any atom is 0.149 e. The highest BCUT2D eigenvalue weighted by atomic mass is 19.1. The van der Waals surface area contributed by atoms with E-state index < -0.39 is 0 Å². The van der Waals surface area contributed by atoms with Gasteiger partial charge in [-0.25, -0.2) is 9.37 Å². The summed E-state index contributed by atoms with van der Waals surface area (Å²) >= 11 is 0. The Morgan fingerprint density at radius 1 is 1.33 bits per heavy atom. The first-order chi connectivity index (χ1) is 8.69. The number of anilines is 2. The quantitative estimate of drug-likeness (QED) is 0.865. The molecule has 1 aromatic carbocycles. The second kappa shape index (κ2) is 5.15. The Labute approximate surface area is 104 Å². The fraction of sp³-hybridized carbons (Fsp3) is 0.0769. The van der Waals surface area contributed by atoms with Crippen LogP contribution in [-0.2, 0) is 6.54 Å². The minimum absolute atomic E-state index is 0.269. The SMILES string of the molecule is N#Cc1cnc(NCc2ccc(F)cc2)c(N)c1. The van der Waals surface area contributed by atoms with Crippen molar-refractivity contribution in [3.63, 3.8) is 0 Å². The predicted octanol–water partition coefficient (Wildman–Crippen LogP) is 2.29. The number of nitrogen functional groups attached to an aromatic ring is 1. The van der Waals surface area contributed by atoms with Crippen LogP contribution >= 0.6 is 0 Å². The number of benzene rings is 1. The van der Waals surface area contributed by atoms with Crippen LogP contribution in [0.1, 0.15) is 11.1 Å². The number of nitrogens with two attached hydrogens (primary N) is 1. The molecule has 0 radical (unpaired) electrons. The molecule has 2 aromatic rings. The standard InChI is InChI=1S/C13H11FN4/c14-11-3-1-9(2-4-11)7-17-13-12(16)5-10(6-15)8-18-13/h1-5,8H,7,16H2,(H,17,18). The zero-order valence-corrected chi connectivity index (χ0v) is 9.52. The van der Waals surface area contributed by atoms with Crippen molar-refractivity contribution in [1.29, 1.82) is 5.26 Å². The van der Waals surface area contributed by atoms with E-state index in [1.165, 1.54) is 18.3 Å². The minimum Gasteiger partial charge on any atom is -0.396 e. The van der Waals surface area contributed by atoms with Gasteiger partial charge in [-0.1, -0.05) is 12.1 Å². The summed E-state index contributed by atoms with van der Waals surface area (Å²) in [5, 5.41) is 11.7. The van der Waals surface area contributed by atoms with Gasteiger partial charge in [0.1, 0.15) is 17.7 Å². The first-order valence-corrected chi connectivity index (χ1v) is 5.33. The van der Waals surface area contributed by atoms with E-state index in [0.717, 1.165) is 5.56 Å². The van der Waals surface area contributed by atoms with Gasteiger partial charge in [-0.05, 0) is 23.8 Å². The van der Waals surface area contributed by atoms with Crippen LogP contribution in [0.4, 0.5) is 15.9 Å². The maximum absolute atomic E-state index is 12.7. The van der Waals surface area contributed by atoms with E-state index in [0.29, 0.717) is 23.6 Å². The van der Waals surface area contributed by atoms with E-state index in [1.54, 1.807) is 18.2 Å². The Balaban J connectivity index is 2.06. The van der Waals surface area contributed by atoms with Gasteiger partial charge in [0.2, 0.25) is 0 Å². The summed E-state index contributed by atoms with van der Waals surface area (Å²) in [4.78, 5) is 4.05. The molecule has 0 aliphatic rings. The number of nitriles is 1. The fourth-order valence-corrected chi connectivity index (χ4v) is 1.48. The Bertz CT molecular complexity index is 587.